The number of aliphatic carboxylic acids is 1. The quantitative estimate of drug-likeness (QED) is 0.386. The molecule has 39 heavy (non-hydrogen) atoms. The highest BCUT2D eigenvalue weighted by atomic mass is 35.5. The molecule has 1 saturated carbocycles. The standard InChI is InChI=1S/C29H32Cl2F2N2O4/c1-16(19-8-20(30)10-21(31)9-19)34-6-4-17(5-7-34)15-39-27-13-25(33)24(12-23(27)18-2-3-18)28(36)35-14-22(32)11-26(35)29(37)38/h8-10,12-13,16-18,22,26H,2-7,11,14-15H2,1H3,(H,37,38)/t16?,22-,26+/m1/s1. The van der Waals surface area contributed by atoms with Crippen molar-refractivity contribution >= 4 is 35.1 Å². The van der Waals surface area contributed by atoms with Gasteiger partial charge in [0.2, 0.25) is 0 Å². The topological polar surface area (TPSA) is 70.1 Å². The highest BCUT2D eigenvalue weighted by Gasteiger charge is 2.41. The lowest BCUT2D eigenvalue weighted by molar-refractivity contribution is -0.141. The van der Waals surface area contributed by atoms with Gasteiger partial charge in [0.05, 0.1) is 18.7 Å². The Kier molecular flexibility index (Phi) is 8.36. The Morgan fingerprint density at radius 2 is 1.74 bits per heavy atom. The van der Waals surface area contributed by atoms with Crippen LogP contribution in [0.5, 0.6) is 5.75 Å². The van der Waals surface area contributed by atoms with E-state index in [0.29, 0.717) is 28.3 Å². The third-order valence-electron chi connectivity index (χ3n) is 8.18. The van der Waals surface area contributed by atoms with Crippen molar-refractivity contribution < 1.29 is 28.2 Å². The monoisotopic (exact) mass is 580 g/mol. The van der Waals surface area contributed by atoms with E-state index < -0.39 is 29.9 Å². The number of carbonyl (C=O) groups is 2. The molecule has 1 aliphatic carbocycles. The number of benzene rings is 2. The summed E-state index contributed by atoms with van der Waals surface area (Å²) in [5.41, 5.74) is 1.60. The average Bonchev–Trinajstić information content (AvgIpc) is 3.66. The van der Waals surface area contributed by atoms with Gasteiger partial charge in [-0.1, -0.05) is 23.2 Å². The molecule has 10 heteroatoms. The molecule has 1 amide bonds. The average molecular weight is 581 g/mol. The molecule has 3 atom stereocenters. The fraction of sp³-hybridized carbons (Fsp3) is 0.517. The molecule has 2 saturated heterocycles. The number of hydrogen-bond acceptors (Lipinski definition) is 4. The van der Waals surface area contributed by atoms with Gasteiger partial charge in [-0.2, -0.15) is 0 Å². The van der Waals surface area contributed by atoms with Crippen LogP contribution in [-0.4, -0.2) is 65.2 Å². The van der Waals surface area contributed by atoms with E-state index in [-0.39, 0.29) is 30.5 Å². The molecule has 5 rings (SSSR count). The zero-order chi connectivity index (χ0) is 27.8. The molecule has 2 aromatic carbocycles. The maximum atomic E-state index is 15.2. The minimum Gasteiger partial charge on any atom is -0.493 e. The van der Waals surface area contributed by atoms with Crippen molar-refractivity contribution in [3.05, 3.63) is 62.9 Å². The number of carboxylic acids is 1. The lowest BCUT2D eigenvalue weighted by atomic mass is 9.95. The van der Waals surface area contributed by atoms with Gasteiger partial charge in [0, 0.05) is 28.6 Å². The van der Waals surface area contributed by atoms with E-state index in [1.807, 2.05) is 12.1 Å². The molecule has 2 heterocycles. The number of piperidine rings is 1. The Labute approximate surface area is 236 Å². The largest absolute Gasteiger partial charge is 0.493 e. The summed E-state index contributed by atoms with van der Waals surface area (Å²) in [6, 6.07) is 7.20. The molecular weight excluding hydrogens is 549 g/mol. The normalized spacial score (nSPS) is 23.2. The third kappa shape index (κ3) is 6.34. The molecule has 2 aromatic rings. The summed E-state index contributed by atoms with van der Waals surface area (Å²) in [7, 11) is 0. The molecule has 210 valence electrons. The Morgan fingerprint density at radius 1 is 1.08 bits per heavy atom. The summed E-state index contributed by atoms with van der Waals surface area (Å²) < 4.78 is 35.2. The second-order valence-corrected chi connectivity index (χ2v) is 11.8. The predicted molar refractivity (Wildman–Crippen MR) is 145 cm³/mol. The number of carboxylic acid groups (broad SMARTS) is 1. The van der Waals surface area contributed by atoms with Crippen molar-refractivity contribution in [3.63, 3.8) is 0 Å². The van der Waals surface area contributed by atoms with Crippen LogP contribution in [0.3, 0.4) is 0 Å². The van der Waals surface area contributed by atoms with Crippen LogP contribution in [0.15, 0.2) is 30.3 Å². The molecule has 1 N–H and O–H groups in total. The summed E-state index contributed by atoms with van der Waals surface area (Å²) in [4.78, 5) is 27.9. The second-order valence-electron chi connectivity index (χ2n) is 11.0. The molecule has 1 unspecified atom stereocenters. The van der Waals surface area contributed by atoms with E-state index >= 15 is 4.39 Å². The fourth-order valence-corrected chi connectivity index (χ4v) is 6.26. The number of carbonyl (C=O) groups excluding carboxylic acids is 1. The highest BCUT2D eigenvalue weighted by Crippen LogP contribution is 2.45. The number of ether oxygens (including phenoxy) is 1. The van der Waals surface area contributed by atoms with Gasteiger partial charge in [-0.3, -0.25) is 9.69 Å². The van der Waals surface area contributed by atoms with Crippen LogP contribution in [0.1, 0.15) is 72.5 Å². The predicted octanol–water partition coefficient (Wildman–Crippen LogP) is 6.50. The lowest BCUT2D eigenvalue weighted by Gasteiger charge is -2.36. The van der Waals surface area contributed by atoms with Gasteiger partial charge in [-0.25, -0.2) is 13.6 Å². The zero-order valence-electron chi connectivity index (χ0n) is 21.7. The molecule has 0 spiro atoms. The smallest absolute Gasteiger partial charge is 0.326 e. The van der Waals surface area contributed by atoms with E-state index in [4.69, 9.17) is 27.9 Å². The molecular formula is C29H32Cl2F2N2O4. The fourth-order valence-electron chi connectivity index (χ4n) is 5.71. The minimum atomic E-state index is -1.44. The molecule has 0 aromatic heterocycles. The molecule has 0 bridgehead atoms. The first-order valence-electron chi connectivity index (χ1n) is 13.4. The molecule has 3 aliphatic rings. The molecule has 6 nitrogen and oxygen atoms in total. The number of rotatable bonds is 8. The number of amides is 1. The van der Waals surface area contributed by atoms with Crippen molar-refractivity contribution in [1.29, 1.82) is 0 Å². The molecule has 2 aliphatic heterocycles. The van der Waals surface area contributed by atoms with Crippen LogP contribution in [0, 0.1) is 11.7 Å². The highest BCUT2D eigenvalue weighted by molar-refractivity contribution is 6.34. The Morgan fingerprint density at radius 3 is 2.36 bits per heavy atom. The zero-order valence-corrected chi connectivity index (χ0v) is 23.2. The van der Waals surface area contributed by atoms with Crippen molar-refractivity contribution in [2.45, 2.75) is 63.2 Å². The third-order valence-corrected chi connectivity index (χ3v) is 8.62. The van der Waals surface area contributed by atoms with E-state index in [1.54, 1.807) is 6.07 Å². The van der Waals surface area contributed by atoms with Crippen molar-refractivity contribution in [2.75, 3.05) is 26.2 Å². The van der Waals surface area contributed by atoms with Gasteiger partial charge < -0.3 is 14.7 Å². The summed E-state index contributed by atoms with van der Waals surface area (Å²) in [6.45, 7) is 3.99. The summed E-state index contributed by atoms with van der Waals surface area (Å²) in [6.07, 6.45) is 1.94. The van der Waals surface area contributed by atoms with Crippen LogP contribution in [0.25, 0.3) is 0 Å². The van der Waals surface area contributed by atoms with Crippen molar-refractivity contribution in [3.8, 4) is 5.75 Å². The first kappa shape index (κ1) is 28.1. The van der Waals surface area contributed by atoms with E-state index in [0.717, 1.165) is 54.8 Å². The van der Waals surface area contributed by atoms with Crippen LogP contribution < -0.4 is 4.74 Å². The lowest BCUT2D eigenvalue weighted by Crippen LogP contribution is -2.41. The van der Waals surface area contributed by atoms with Crippen molar-refractivity contribution in [1.82, 2.24) is 9.80 Å². The molecule has 3 fully saturated rings. The van der Waals surface area contributed by atoms with Crippen LogP contribution in [0.4, 0.5) is 8.78 Å². The second kappa shape index (κ2) is 11.6. The summed E-state index contributed by atoms with van der Waals surface area (Å²) in [5, 5.41) is 10.6. The maximum Gasteiger partial charge on any atom is 0.326 e. The van der Waals surface area contributed by atoms with Gasteiger partial charge in [0.25, 0.3) is 5.91 Å². The van der Waals surface area contributed by atoms with Crippen LogP contribution in [-0.2, 0) is 4.79 Å². The first-order chi connectivity index (χ1) is 18.6. The van der Waals surface area contributed by atoms with Gasteiger partial charge in [-0.15, -0.1) is 0 Å². The number of halogens is 4. The van der Waals surface area contributed by atoms with E-state index in [1.165, 1.54) is 12.1 Å². The van der Waals surface area contributed by atoms with Crippen molar-refractivity contribution in [2.24, 2.45) is 5.92 Å². The Hall–Kier alpha value is -2.42. The SMILES string of the molecule is CC(c1cc(Cl)cc(Cl)c1)N1CCC(COc2cc(F)c(C(=O)N3C[C@H](F)C[C@H]3C(=O)O)cc2C2CC2)CC1. The van der Waals surface area contributed by atoms with Gasteiger partial charge >= 0.3 is 5.97 Å². The van der Waals surface area contributed by atoms with E-state index in [2.05, 4.69) is 11.8 Å². The summed E-state index contributed by atoms with van der Waals surface area (Å²) in [5.74, 6) is -1.97. The summed E-state index contributed by atoms with van der Waals surface area (Å²) >= 11 is 12.4. The first-order valence-corrected chi connectivity index (χ1v) is 14.2. The van der Waals surface area contributed by atoms with Crippen LogP contribution >= 0.6 is 23.2 Å². The maximum absolute atomic E-state index is 15.2. The number of likely N-dealkylation sites (tertiary alicyclic amines) is 2. The van der Waals surface area contributed by atoms with Crippen LogP contribution in [0.2, 0.25) is 10.0 Å². The Balaban J connectivity index is 1.23. The van der Waals surface area contributed by atoms with Gasteiger partial charge in [-0.05, 0) is 92.9 Å². The minimum absolute atomic E-state index is 0.169. The number of alkyl halides is 1. The van der Waals surface area contributed by atoms with Gasteiger partial charge in [0.15, 0.2) is 0 Å². The number of hydrogen-bond donors (Lipinski definition) is 1. The molecule has 0 radical (unpaired) electrons. The van der Waals surface area contributed by atoms with Gasteiger partial charge in [0.1, 0.15) is 23.8 Å². The number of nitrogens with zero attached hydrogens (tertiary/aromatic N) is 2. The Bertz CT molecular complexity index is 1230. The van der Waals surface area contributed by atoms with E-state index in [9.17, 15) is 19.1 Å².